The number of Topliss-reactive ketones (excluding diaryl/α,β-unsaturated/α-hetero) is 1. The highest BCUT2D eigenvalue weighted by Gasteiger charge is 2.27. The molecule has 3 aromatic carbocycles. The van der Waals surface area contributed by atoms with Crippen LogP contribution in [0.4, 0.5) is 0 Å². The molecule has 1 atom stereocenters. The Labute approximate surface area is 169 Å². The summed E-state index contributed by atoms with van der Waals surface area (Å²) in [5.41, 5.74) is 4.16. The van der Waals surface area contributed by atoms with Crippen molar-refractivity contribution in [2.45, 2.75) is 77.6 Å². The molecule has 1 unspecified atom stereocenters. The first-order valence-electron chi connectivity index (χ1n) is 11.2. The van der Waals surface area contributed by atoms with Gasteiger partial charge in [0.25, 0.3) is 0 Å². The van der Waals surface area contributed by atoms with Crippen molar-refractivity contribution in [2.75, 3.05) is 0 Å². The van der Waals surface area contributed by atoms with Crippen LogP contribution in [0.15, 0.2) is 42.5 Å². The van der Waals surface area contributed by atoms with E-state index in [1.807, 2.05) is 0 Å². The first-order chi connectivity index (χ1) is 13.7. The molecule has 0 heterocycles. The second kappa shape index (κ2) is 8.47. The molecule has 0 aliphatic heterocycles. The first kappa shape index (κ1) is 19.2. The zero-order valence-corrected chi connectivity index (χ0v) is 17.4. The number of carbonyl (C=O) groups is 1. The summed E-state index contributed by atoms with van der Waals surface area (Å²) in [7, 11) is 0. The van der Waals surface area contributed by atoms with E-state index < -0.39 is 0 Å². The zero-order valence-electron chi connectivity index (χ0n) is 17.4. The van der Waals surface area contributed by atoms with Gasteiger partial charge in [0.1, 0.15) is 5.78 Å². The summed E-state index contributed by atoms with van der Waals surface area (Å²) in [6.07, 6.45) is 10.2. The van der Waals surface area contributed by atoms with Crippen molar-refractivity contribution < 1.29 is 4.79 Å². The number of rotatable bonds is 6. The summed E-state index contributed by atoms with van der Waals surface area (Å²) >= 11 is 0. The molecule has 0 aromatic heterocycles. The lowest BCUT2D eigenvalue weighted by molar-refractivity contribution is -0.121. The minimum absolute atomic E-state index is 0.0907. The van der Waals surface area contributed by atoms with Gasteiger partial charge in [0.15, 0.2) is 0 Å². The van der Waals surface area contributed by atoms with E-state index in [0.29, 0.717) is 5.78 Å². The van der Waals surface area contributed by atoms with E-state index in [9.17, 15) is 4.79 Å². The summed E-state index contributed by atoms with van der Waals surface area (Å²) in [5.74, 6) is 0.542. The van der Waals surface area contributed by atoms with Gasteiger partial charge in [0.05, 0.1) is 0 Å². The lowest BCUT2D eigenvalue weighted by Gasteiger charge is -2.26. The summed E-state index contributed by atoms with van der Waals surface area (Å²) in [6.45, 7) is 4.53. The van der Waals surface area contributed by atoms with Crippen LogP contribution in [-0.4, -0.2) is 5.78 Å². The Morgan fingerprint density at radius 2 is 1.71 bits per heavy atom. The Balaban J connectivity index is 1.87. The number of hydrogen-bond acceptors (Lipinski definition) is 1. The van der Waals surface area contributed by atoms with E-state index in [1.165, 1.54) is 70.3 Å². The number of aryl methyl sites for hydroxylation is 1. The van der Waals surface area contributed by atoms with Crippen LogP contribution >= 0.6 is 0 Å². The van der Waals surface area contributed by atoms with Crippen LogP contribution in [0.1, 0.15) is 80.9 Å². The van der Waals surface area contributed by atoms with Crippen LogP contribution in [0.3, 0.4) is 0 Å². The molecule has 1 aliphatic rings. The van der Waals surface area contributed by atoms with Gasteiger partial charge in [-0.15, -0.1) is 0 Å². The van der Waals surface area contributed by atoms with Crippen molar-refractivity contribution in [3.05, 3.63) is 59.2 Å². The van der Waals surface area contributed by atoms with Gasteiger partial charge in [-0.05, 0) is 83.0 Å². The van der Waals surface area contributed by atoms with Crippen molar-refractivity contribution in [1.29, 1.82) is 0 Å². The average Bonchev–Trinajstić information content (AvgIpc) is 2.71. The summed E-state index contributed by atoms with van der Waals surface area (Å²) in [5, 5.41) is 5.17. The first-order valence-corrected chi connectivity index (χ1v) is 11.2. The Kier molecular flexibility index (Phi) is 5.80. The largest absolute Gasteiger partial charge is 0.299 e. The third kappa shape index (κ3) is 3.72. The molecule has 0 saturated heterocycles. The summed E-state index contributed by atoms with van der Waals surface area (Å²) in [4.78, 5) is 12.9. The number of hydrogen-bond donors (Lipinski definition) is 0. The third-order valence-electron chi connectivity index (χ3n) is 6.63. The van der Waals surface area contributed by atoms with Gasteiger partial charge in [-0.2, -0.15) is 0 Å². The SMILES string of the molecule is CCCCCCc1cc2cc3ccccc3cc2c(C2CCCCC2=O)c1C. The Hall–Kier alpha value is -2.15. The smallest absolute Gasteiger partial charge is 0.140 e. The second-order valence-electron chi connectivity index (χ2n) is 8.57. The van der Waals surface area contributed by atoms with Gasteiger partial charge in [0.2, 0.25) is 0 Å². The summed E-state index contributed by atoms with van der Waals surface area (Å²) < 4.78 is 0. The lowest BCUT2D eigenvalue weighted by Crippen LogP contribution is -2.19. The fourth-order valence-electron chi connectivity index (χ4n) is 5.02. The van der Waals surface area contributed by atoms with Crippen LogP contribution in [0.2, 0.25) is 0 Å². The molecule has 4 rings (SSSR count). The van der Waals surface area contributed by atoms with Crippen molar-refractivity contribution >= 4 is 27.3 Å². The minimum Gasteiger partial charge on any atom is -0.299 e. The highest BCUT2D eigenvalue weighted by Crippen LogP contribution is 2.39. The van der Waals surface area contributed by atoms with Crippen molar-refractivity contribution in [2.24, 2.45) is 0 Å². The van der Waals surface area contributed by atoms with Crippen molar-refractivity contribution in [3.8, 4) is 0 Å². The molecule has 0 N–H and O–H groups in total. The molecule has 28 heavy (non-hydrogen) atoms. The van der Waals surface area contributed by atoms with Crippen molar-refractivity contribution in [1.82, 2.24) is 0 Å². The van der Waals surface area contributed by atoms with E-state index in [2.05, 4.69) is 56.3 Å². The van der Waals surface area contributed by atoms with Crippen LogP contribution < -0.4 is 0 Å². The molecule has 0 spiro atoms. The zero-order chi connectivity index (χ0) is 19.5. The standard InChI is InChI=1S/C27H32O/c1-3-4-5-6-11-20-16-23-17-21-12-7-8-13-22(21)18-25(23)27(19(20)2)24-14-9-10-15-26(24)28/h7-8,12-13,16-18,24H,3-6,9-11,14-15H2,1-2H3. The average molecular weight is 373 g/mol. The van der Waals surface area contributed by atoms with Gasteiger partial charge in [-0.3, -0.25) is 4.79 Å². The predicted molar refractivity (Wildman–Crippen MR) is 120 cm³/mol. The maximum Gasteiger partial charge on any atom is 0.140 e. The number of ketones is 1. The quantitative estimate of drug-likeness (QED) is 0.321. The minimum atomic E-state index is 0.0907. The topological polar surface area (TPSA) is 17.1 Å². The Bertz CT molecular complexity index is 998. The van der Waals surface area contributed by atoms with Gasteiger partial charge in [0, 0.05) is 12.3 Å². The molecule has 1 heteroatoms. The normalized spacial score (nSPS) is 17.5. The molecule has 0 radical (unpaired) electrons. The fraction of sp³-hybridized carbons (Fsp3) is 0.444. The fourth-order valence-corrected chi connectivity index (χ4v) is 5.02. The molecule has 1 aliphatic carbocycles. The lowest BCUT2D eigenvalue weighted by atomic mass is 9.77. The van der Waals surface area contributed by atoms with E-state index in [0.717, 1.165) is 25.7 Å². The number of carbonyl (C=O) groups excluding carboxylic acids is 1. The molecule has 146 valence electrons. The van der Waals surface area contributed by atoms with Gasteiger partial charge in [-0.1, -0.05) is 62.9 Å². The molecule has 3 aromatic rings. The van der Waals surface area contributed by atoms with E-state index in [-0.39, 0.29) is 5.92 Å². The second-order valence-corrected chi connectivity index (χ2v) is 8.57. The third-order valence-corrected chi connectivity index (χ3v) is 6.63. The maximum atomic E-state index is 12.9. The van der Waals surface area contributed by atoms with Gasteiger partial charge >= 0.3 is 0 Å². The number of benzene rings is 3. The highest BCUT2D eigenvalue weighted by molar-refractivity contribution is 6.03. The van der Waals surface area contributed by atoms with E-state index in [1.54, 1.807) is 0 Å². The van der Waals surface area contributed by atoms with Crippen LogP contribution in [0.5, 0.6) is 0 Å². The monoisotopic (exact) mass is 372 g/mol. The highest BCUT2D eigenvalue weighted by atomic mass is 16.1. The molecule has 1 saturated carbocycles. The molecule has 0 amide bonds. The molecule has 0 bridgehead atoms. The molecular weight excluding hydrogens is 340 g/mol. The summed E-state index contributed by atoms with van der Waals surface area (Å²) in [6, 6.07) is 15.7. The van der Waals surface area contributed by atoms with Crippen molar-refractivity contribution in [3.63, 3.8) is 0 Å². The molecule has 1 nitrogen and oxygen atoms in total. The van der Waals surface area contributed by atoms with E-state index >= 15 is 0 Å². The maximum absolute atomic E-state index is 12.9. The predicted octanol–water partition coefficient (Wildman–Crippen LogP) is 7.65. The number of fused-ring (bicyclic) bond motifs is 2. The van der Waals surface area contributed by atoms with E-state index in [4.69, 9.17) is 0 Å². The van der Waals surface area contributed by atoms with Gasteiger partial charge < -0.3 is 0 Å². The van der Waals surface area contributed by atoms with Crippen LogP contribution in [-0.2, 0) is 11.2 Å². The van der Waals surface area contributed by atoms with Gasteiger partial charge in [-0.25, -0.2) is 0 Å². The molecule has 1 fully saturated rings. The Morgan fingerprint density at radius 1 is 0.929 bits per heavy atom. The Morgan fingerprint density at radius 3 is 2.46 bits per heavy atom. The number of unbranched alkanes of at least 4 members (excludes halogenated alkanes) is 3. The van der Waals surface area contributed by atoms with Crippen LogP contribution in [0, 0.1) is 6.92 Å². The van der Waals surface area contributed by atoms with Crippen LogP contribution in [0.25, 0.3) is 21.5 Å². The molecular formula is C27H32O.